The van der Waals surface area contributed by atoms with Crippen molar-refractivity contribution >= 4 is 0 Å². The van der Waals surface area contributed by atoms with E-state index in [1.807, 2.05) is 12.1 Å². The lowest BCUT2D eigenvalue weighted by molar-refractivity contribution is 0.626. The zero-order valence-corrected chi connectivity index (χ0v) is 8.36. The van der Waals surface area contributed by atoms with Crippen LogP contribution in [0.15, 0.2) is 24.3 Å². The molecule has 15 heavy (non-hydrogen) atoms. The van der Waals surface area contributed by atoms with Crippen LogP contribution in [-0.4, -0.2) is 0 Å². The molecule has 1 aromatic carbocycles. The minimum Gasteiger partial charge on any atom is -0.198 e. The summed E-state index contributed by atoms with van der Waals surface area (Å²) in [4.78, 5) is 0. The Hall–Kier alpha value is -2.31. The highest BCUT2D eigenvalue weighted by Crippen LogP contribution is 2.28. The molecule has 3 heteroatoms. The van der Waals surface area contributed by atoms with Gasteiger partial charge in [0.05, 0.1) is 35.6 Å². The number of nitrogens with zero attached hydrogens (tertiary/aromatic N) is 3. The highest BCUT2D eigenvalue weighted by atomic mass is 14.4. The van der Waals surface area contributed by atoms with Crippen molar-refractivity contribution in [2.24, 2.45) is 0 Å². The molecule has 0 N–H and O–H groups in total. The Labute approximate surface area is 88.8 Å². The van der Waals surface area contributed by atoms with E-state index in [1.54, 1.807) is 31.2 Å². The van der Waals surface area contributed by atoms with Gasteiger partial charge in [0.2, 0.25) is 0 Å². The fraction of sp³-hybridized carbons (Fsp3) is 0.250. The average Bonchev–Trinajstić information content (AvgIpc) is 2.29. The molecule has 0 amide bonds. The summed E-state index contributed by atoms with van der Waals surface area (Å²) in [6, 6.07) is 13.0. The van der Waals surface area contributed by atoms with Crippen LogP contribution in [0.2, 0.25) is 0 Å². The molecular weight excluding hydrogens is 186 g/mol. The summed E-state index contributed by atoms with van der Waals surface area (Å²) in [7, 11) is 0. The Morgan fingerprint density at radius 1 is 1.20 bits per heavy atom. The molecule has 1 rings (SSSR count). The minimum absolute atomic E-state index is 0.0855. The Bertz CT molecular complexity index is 485. The third-order valence-electron chi connectivity index (χ3n) is 2.32. The van der Waals surface area contributed by atoms with E-state index in [9.17, 15) is 0 Å². The summed E-state index contributed by atoms with van der Waals surface area (Å²) in [5.41, 5.74) is 0.175. The molecule has 1 atom stereocenters. The zero-order chi connectivity index (χ0) is 11.3. The third kappa shape index (κ3) is 1.96. The predicted molar refractivity (Wildman–Crippen MR) is 54.4 cm³/mol. The lowest BCUT2D eigenvalue weighted by atomic mass is 9.79. The fourth-order valence-corrected chi connectivity index (χ4v) is 1.41. The average molecular weight is 195 g/mol. The standard InChI is InChI=1S/C12H9N3/c1-12(9-15,6-7-13)11-5-3-2-4-10(11)8-14/h2-5H,6H2,1H3. The first-order chi connectivity index (χ1) is 7.18. The van der Waals surface area contributed by atoms with Crippen molar-refractivity contribution in [3.8, 4) is 18.2 Å². The number of nitriles is 3. The van der Waals surface area contributed by atoms with E-state index in [0.29, 0.717) is 11.1 Å². The second-order valence-electron chi connectivity index (χ2n) is 3.44. The Morgan fingerprint density at radius 3 is 2.40 bits per heavy atom. The molecule has 0 aliphatic rings. The maximum atomic E-state index is 9.08. The number of hydrogen-bond acceptors (Lipinski definition) is 3. The molecule has 1 aromatic rings. The summed E-state index contributed by atoms with van der Waals surface area (Å²) in [5.74, 6) is 0. The maximum Gasteiger partial charge on any atom is 0.0995 e. The molecule has 0 fully saturated rings. The summed E-state index contributed by atoms with van der Waals surface area (Å²) in [5, 5.41) is 26.7. The van der Waals surface area contributed by atoms with Crippen molar-refractivity contribution in [2.75, 3.05) is 0 Å². The number of benzene rings is 1. The zero-order valence-electron chi connectivity index (χ0n) is 8.36. The molecule has 0 aliphatic heterocycles. The van der Waals surface area contributed by atoms with Crippen LogP contribution in [0.1, 0.15) is 24.5 Å². The predicted octanol–water partition coefficient (Wildman–Crippen LogP) is 2.25. The van der Waals surface area contributed by atoms with Crippen molar-refractivity contribution in [1.29, 1.82) is 15.8 Å². The van der Waals surface area contributed by atoms with Crippen LogP contribution in [0.4, 0.5) is 0 Å². The highest BCUT2D eigenvalue weighted by molar-refractivity contribution is 5.45. The second kappa shape index (κ2) is 4.27. The number of hydrogen-bond donors (Lipinski definition) is 0. The maximum absolute atomic E-state index is 9.08. The van der Waals surface area contributed by atoms with Gasteiger partial charge >= 0.3 is 0 Å². The van der Waals surface area contributed by atoms with Gasteiger partial charge < -0.3 is 0 Å². The van der Waals surface area contributed by atoms with Gasteiger partial charge in [0.25, 0.3) is 0 Å². The molecule has 3 nitrogen and oxygen atoms in total. The van der Waals surface area contributed by atoms with Crippen molar-refractivity contribution < 1.29 is 0 Å². The topological polar surface area (TPSA) is 71.4 Å². The molecular formula is C12H9N3. The van der Waals surface area contributed by atoms with Gasteiger partial charge in [-0.2, -0.15) is 15.8 Å². The van der Waals surface area contributed by atoms with E-state index in [1.165, 1.54) is 0 Å². The van der Waals surface area contributed by atoms with Gasteiger partial charge in [0, 0.05) is 0 Å². The normalized spacial score (nSPS) is 12.9. The van der Waals surface area contributed by atoms with Gasteiger partial charge in [-0.15, -0.1) is 0 Å². The van der Waals surface area contributed by atoms with Crippen LogP contribution in [0.3, 0.4) is 0 Å². The molecule has 0 spiro atoms. The van der Waals surface area contributed by atoms with Crippen LogP contribution < -0.4 is 0 Å². The van der Waals surface area contributed by atoms with Crippen LogP contribution in [0.5, 0.6) is 0 Å². The van der Waals surface area contributed by atoms with Crippen LogP contribution in [-0.2, 0) is 5.41 Å². The molecule has 1 unspecified atom stereocenters. The van der Waals surface area contributed by atoms with Crippen molar-refractivity contribution in [3.63, 3.8) is 0 Å². The van der Waals surface area contributed by atoms with Gasteiger partial charge in [0.15, 0.2) is 0 Å². The SMILES string of the molecule is CC(C#N)(CC#N)c1ccccc1C#N. The quantitative estimate of drug-likeness (QED) is 0.726. The van der Waals surface area contributed by atoms with E-state index >= 15 is 0 Å². The summed E-state index contributed by atoms with van der Waals surface area (Å²) < 4.78 is 0. The van der Waals surface area contributed by atoms with E-state index < -0.39 is 5.41 Å². The number of rotatable bonds is 2. The lowest BCUT2D eigenvalue weighted by Crippen LogP contribution is -2.20. The van der Waals surface area contributed by atoms with Crippen LogP contribution in [0, 0.1) is 34.0 Å². The molecule has 0 heterocycles. The first kappa shape index (κ1) is 10.8. The summed E-state index contributed by atoms with van der Waals surface area (Å²) in [6.07, 6.45) is 0.0855. The first-order valence-corrected chi connectivity index (χ1v) is 4.46. The molecule has 0 saturated heterocycles. The van der Waals surface area contributed by atoms with Crippen LogP contribution in [0.25, 0.3) is 0 Å². The van der Waals surface area contributed by atoms with Gasteiger partial charge in [0.1, 0.15) is 0 Å². The minimum atomic E-state index is -0.902. The van der Waals surface area contributed by atoms with Gasteiger partial charge in [-0.05, 0) is 18.6 Å². The Kier molecular flexibility index (Phi) is 3.06. The largest absolute Gasteiger partial charge is 0.198 e. The van der Waals surface area contributed by atoms with Crippen molar-refractivity contribution in [1.82, 2.24) is 0 Å². The van der Waals surface area contributed by atoms with E-state index in [0.717, 1.165) is 0 Å². The fourth-order valence-electron chi connectivity index (χ4n) is 1.41. The van der Waals surface area contributed by atoms with Crippen molar-refractivity contribution in [3.05, 3.63) is 35.4 Å². The molecule has 0 radical (unpaired) electrons. The summed E-state index contributed by atoms with van der Waals surface area (Å²) >= 11 is 0. The molecule has 0 aromatic heterocycles. The Balaban J connectivity index is 3.33. The lowest BCUT2D eigenvalue weighted by Gasteiger charge is -2.19. The molecule has 0 saturated carbocycles. The van der Waals surface area contributed by atoms with E-state index in [2.05, 4.69) is 6.07 Å². The van der Waals surface area contributed by atoms with E-state index in [4.69, 9.17) is 15.8 Å². The van der Waals surface area contributed by atoms with Crippen LogP contribution >= 0.6 is 0 Å². The van der Waals surface area contributed by atoms with Gasteiger partial charge in [-0.3, -0.25) is 0 Å². The smallest absolute Gasteiger partial charge is 0.0995 e. The van der Waals surface area contributed by atoms with E-state index in [-0.39, 0.29) is 6.42 Å². The van der Waals surface area contributed by atoms with Crippen molar-refractivity contribution in [2.45, 2.75) is 18.8 Å². The molecule has 0 bridgehead atoms. The second-order valence-corrected chi connectivity index (χ2v) is 3.44. The van der Waals surface area contributed by atoms with Gasteiger partial charge in [-0.25, -0.2) is 0 Å². The highest BCUT2D eigenvalue weighted by Gasteiger charge is 2.28. The summed E-state index contributed by atoms with van der Waals surface area (Å²) in [6.45, 7) is 1.67. The third-order valence-corrected chi connectivity index (χ3v) is 2.32. The molecule has 0 aliphatic carbocycles. The first-order valence-electron chi connectivity index (χ1n) is 4.46. The monoisotopic (exact) mass is 195 g/mol. The molecule has 72 valence electrons. The van der Waals surface area contributed by atoms with Gasteiger partial charge in [-0.1, -0.05) is 18.2 Å². The Morgan fingerprint density at radius 2 is 1.87 bits per heavy atom.